The number of nitrogens with zero attached hydrogens (tertiary/aromatic N) is 1. The zero-order chi connectivity index (χ0) is 18.1. The number of hydrogen-bond acceptors (Lipinski definition) is 3. The van der Waals surface area contributed by atoms with Crippen molar-refractivity contribution in [1.82, 2.24) is 0 Å². The zero-order valence-electron chi connectivity index (χ0n) is 13.9. The van der Waals surface area contributed by atoms with Crippen LogP contribution in [-0.2, 0) is 4.79 Å². The number of carbonyl (C=O) groups is 2. The number of carboxylic acids is 1. The molecule has 0 aromatic heterocycles. The van der Waals surface area contributed by atoms with Crippen LogP contribution >= 0.6 is 11.6 Å². The van der Waals surface area contributed by atoms with Gasteiger partial charge in [0.25, 0.3) is 5.91 Å². The van der Waals surface area contributed by atoms with Crippen LogP contribution in [0.2, 0.25) is 5.02 Å². The summed E-state index contributed by atoms with van der Waals surface area (Å²) in [6.45, 7) is 1.87. The molecule has 1 heterocycles. The second-order valence-corrected chi connectivity index (χ2v) is 6.49. The molecule has 130 valence electrons. The monoisotopic (exact) mass is 359 g/mol. The van der Waals surface area contributed by atoms with Crippen molar-refractivity contribution >= 4 is 29.2 Å². The number of halogens is 1. The quantitative estimate of drug-likeness (QED) is 0.897. The van der Waals surface area contributed by atoms with Gasteiger partial charge < -0.3 is 14.7 Å². The summed E-state index contributed by atoms with van der Waals surface area (Å²) >= 11 is 5.90. The minimum absolute atomic E-state index is 0.0499. The van der Waals surface area contributed by atoms with E-state index in [0.29, 0.717) is 16.3 Å². The van der Waals surface area contributed by atoms with Gasteiger partial charge in [-0.3, -0.25) is 9.59 Å². The Morgan fingerprint density at radius 2 is 1.88 bits per heavy atom. The molecule has 1 aliphatic rings. The van der Waals surface area contributed by atoms with Crippen LogP contribution in [-0.4, -0.2) is 30.1 Å². The van der Waals surface area contributed by atoms with Gasteiger partial charge in [0, 0.05) is 28.2 Å². The molecule has 5 nitrogen and oxygen atoms in total. The summed E-state index contributed by atoms with van der Waals surface area (Å²) in [5, 5.41) is 9.82. The fourth-order valence-corrected chi connectivity index (χ4v) is 3.46. The predicted molar refractivity (Wildman–Crippen MR) is 95.7 cm³/mol. The molecule has 2 aromatic carbocycles. The molecule has 0 aliphatic carbocycles. The van der Waals surface area contributed by atoms with Crippen LogP contribution in [0.5, 0.6) is 5.75 Å². The van der Waals surface area contributed by atoms with E-state index in [9.17, 15) is 14.7 Å². The summed E-state index contributed by atoms with van der Waals surface area (Å²) in [6, 6.07) is 11.8. The molecule has 6 heteroatoms. The first-order chi connectivity index (χ1) is 11.9. The summed E-state index contributed by atoms with van der Waals surface area (Å²) < 4.78 is 5.26. The lowest BCUT2D eigenvalue weighted by Crippen LogP contribution is -2.37. The van der Waals surface area contributed by atoms with Crippen LogP contribution in [0, 0.1) is 0 Å². The van der Waals surface area contributed by atoms with Crippen molar-refractivity contribution in [2.75, 3.05) is 12.0 Å². The molecule has 1 amide bonds. The average Bonchev–Trinajstić information content (AvgIpc) is 2.86. The van der Waals surface area contributed by atoms with Gasteiger partial charge in [0.05, 0.1) is 13.5 Å². The van der Waals surface area contributed by atoms with Gasteiger partial charge in [-0.1, -0.05) is 11.6 Å². The maximum Gasteiger partial charge on any atom is 0.304 e. The number of carboxylic acid groups (broad SMARTS) is 1. The first-order valence-electron chi connectivity index (χ1n) is 7.91. The Kier molecular flexibility index (Phi) is 4.68. The van der Waals surface area contributed by atoms with Gasteiger partial charge in [0.2, 0.25) is 0 Å². The first kappa shape index (κ1) is 17.3. The Hall–Kier alpha value is -2.53. The number of anilines is 1. The van der Waals surface area contributed by atoms with Crippen molar-refractivity contribution in [2.45, 2.75) is 25.3 Å². The third kappa shape index (κ3) is 3.20. The van der Waals surface area contributed by atoms with E-state index in [0.717, 1.165) is 11.3 Å². The summed E-state index contributed by atoms with van der Waals surface area (Å²) in [4.78, 5) is 26.0. The lowest BCUT2D eigenvalue weighted by molar-refractivity contribution is -0.137. The maximum atomic E-state index is 13.0. The van der Waals surface area contributed by atoms with Crippen LogP contribution in [0.4, 0.5) is 5.69 Å². The van der Waals surface area contributed by atoms with E-state index in [2.05, 4.69) is 0 Å². The minimum atomic E-state index is -0.897. The highest BCUT2D eigenvalue weighted by atomic mass is 35.5. The molecule has 0 unspecified atom stereocenters. The third-order valence-electron chi connectivity index (χ3n) is 4.59. The molecule has 0 bridgehead atoms. The maximum absolute atomic E-state index is 13.0. The number of fused-ring (bicyclic) bond motifs is 1. The lowest BCUT2D eigenvalue weighted by atomic mass is 9.92. The van der Waals surface area contributed by atoms with Crippen LogP contribution in [0.15, 0.2) is 42.5 Å². The number of benzene rings is 2. The van der Waals surface area contributed by atoms with E-state index in [4.69, 9.17) is 16.3 Å². The summed E-state index contributed by atoms with van der Waals surface area (Å²) in [5.74, 6) is -0.726. The Morgan fingerprint density at radius 3 is 2.48 bits per heavy atom. The number of aliphatic carboxylic acids is 1. The van der Waals surface area contributed by atoms with Crippen molar-refractivity contribution in [3.63, 3.8) is 0 Å². The number of carbonyl (C=O) groups excluding carboxylic acids is 1. The van der Waals surface area contributed by atoms with E-state index >= 15 is 0 Å². The number of hydrogen-bond donors (Lipinski definition) is 1. The molecule has 0 saturated carbocycles. The minimum Gasteiger partial charge on any atom is -0.497 e. The second-order valence-electron chi connectivity index (χ2n) is 6.05. The smallest absolute Gasteiger partial charge is 0.304 e. The first-order valence-corrected chi connectivity index (χ1v) is 8.29. The SMILES string of the molecule is COc1ccc2c(c1)[C@H](CC(=O)O)[C@@H](C)N2C(=O)c1ccc(Cl)cc1. The largest absolute Gasteiger partial charge is 0.497 e. The number of ether oxygens (including phenoxy) is 1. The second kappa shape index (κ2) is 6.76. The molecule has 25 heavy (non-hydrogen) atoms. The van der Waals surface area contributed by atoms with Crippen LogP contribution in [0.25, 0.3) is 0 Å². The Bertz CT molecular complexity index is 819. The van der Waals surface area contributed by atoms with Crippen molar-refractivity contribution in [1.29, 1.82) is 0 Å². The van der Waals surface area contributed by atoms with E-state index < -0.39 is 5.97 Å². The average molecular weight is 360 g/mol. The molecule has 1 N–H and O–H groups in total. The molecule has 0 spiro atoms. The molecular weight excluding hydrogens is 342 g/mol. The predicted octanol–water partition coefficient (Wildman–Crippen LogP) is 3.96. The topological polar surface area (TPSA) is 66.8 Å². The van der Waals surface area contributed by atoms with Crippen LogP contribution in [0.1, 0.15) is 35.2 Å². The van der Waals surface area contributed by atoms with Gasteiger partial charge in [-0.2, -0.15) is 0 Å². The van der Waals surface area contributed by atoms with E-state index in [1.165, 1.54) is 0 Å². The molecule has 2 atom stereocenters. The fourth-order valence-electron chi connectivity index (χ4n) is 3.33. The molecule has 0 fully saturated rings. The van der Waals surface area contributed by atoms with E-state index in [1.807, 2.05) is 13.0 Å². The van der Waals surface area contributed by atoms with Crippen molar-refractivity contribution < 1.29 is 19.4 Å². The van der Waals surface area contributed by atoms with Gasteiger partial charge in [-0.05, 0) is 55.0 Å². The molecule has 2 aromatic rings. The van der Waals surface area contributed by atoms with Crippen LogP contribution in [0.3, 0.4) is 0 Å². The number of methoxy groups -OCH3 is 1. The standard InChI is InChI=1S/C19H18ClNO4/c1-11-15(10-18(22)23)16-9-14(25-2)7-8-17(16)21(11)19(24)12-3-5-13(20)6-4-12/h3-9,11,15H,10H2,1-2H3,(H,22,23)/t11-,15-/m1/s1. The summed E-state index contributed by atoms with van der Waals surface area (Å²) in [7, 11) is 1.56. The van der Waals surface area contributed by atoms with Crippen molar-refractivity contribution in [2.24, 2.45) is 0 Å². The van der Waals surface area contributed by atoms with Crippen molar-refractivity contribution in [3.05, 3.63) is 58.6 Å². The Balaban J connectivity index is 2.04. The van der Waals surface area contributed by atoms with Gasteiger partial charge in [0.1, 0.15) is 5.75 Å². The summed E-state index contributed by atoms with van der Waals surface area (Å²) in [5.41, 5.74) is 2.05. The normalized spacial score (nSPS) is 18.8. The van der Waals surface area contributed by atoms with Gasteiger partial charge in [-0.25, -0.2) is 0 Å². The van der Waals surface area contributed by atoms with Crippen LogP contribution < -0.4 is 9.64 Å². The molecular formula is C19H18ClNO4. The molecule has 0 saturated heterocycles. The number of amides is 1. The highest BCUT2D eigenvalue weighted by Crippen LogP contribution is 2.45. The Morgan fingerprint density at radius 1 is 1.20 bits per heavy atom. The Labute approximate surface area is 150 Å². The molecule has 3 rings (SSSR count). The highest BCUT2D eigenvalue weighted by Gasteiger charge is 2.40. The van der Waals surface area contributed by atoms with Crippen molar-refractivity contribution in [3.8, 4) is 5.75 Å². The van der Waals surface area contributed by atoms with Gasteiger partial charge >= 0.3 is 5.97 Å². The zero-order valence-corrected chi connectivity index (χ0v) is 14.7. The molecule has 1 aliphatic heterocycles. The lowest BCUT2D eigenvalue weighted by Gasteiger charge is -2.25. The fraction of sp³-hybridized carbons (Fsp3) is 0.263. The van der Waals surface area contributed by atoms with E-state index in [-0.39, 0.29) is 24.3 Å². The summed E-state index contributed by atoms with van der Waals surface area (Å²) in [6.07, 6.45) is -0.0499. The van der Waals surface area contributed by atoms with Gasteiger partial charge in [-0.15, -0.1) is 0 Å². The highest BCUT2D eigenvalue weighted by molar-refractivity contribution is 6.30. The third-order valence-corrected chi connectivity index (χ3v) is 4.84. The number of rotatable bonds is 4. The van der Waals surface area contributed by atoms with Gasteiger partial charge in [0.15, 0.2) is 0 Å². The van der Waals surface area contributed by atoms with E-state index in [1.54, 1.807) is 48.4 Å². The molecule has 0 radical (unpaired) electrons.